The Hall–Kier alpha value is -3.32. The highest BCUT2D eigenvalue weighted by Gasteiger charge is 2.31. The summed E-state index contributed by atoms with van der Waals surface area (Å²) in [7, 11) is 0. The average Bonchev–Trinajstić information content (AvgIpc) is 3.50. The summed E-state index contributed by atoms with van der Waals surface area (Å²) < 4.78 is 7.49. The summed E-state index contributed by atoms with van der Waals surface area (Å²) in [5.74, 6) is 1.20. The van der Waals surface area contributed by atoms with Gasteiger partial charge in [0.2, 0.25) is 11.7 Å². The Balaban J connectivity index is 1.33. The van der Waals surface area contributed by atoms with E-state index in [1.807, 2.05) is 59.4 Å². The number of nitrogens with zero attached hydrogens (tertiary/aromatic N) is 6. The van der Waals surface area contributed by atoms with E-state index in [1.54, 1.807) is 6.20 Å². The molecule has 0 bridgehead atoms. The van der Waals surface area contributed by atoms with Crippen molar-refractivity contribution in [2.75, 3.05) is 6.54 Å². The number of likely N-dealkylation sites (tertiary alicyclic amines) is 1. The lowest BCUT2D eigenvalue weighted by atomic mass is 10.2. The molecule has 3 aromatic heterocycles. The lowest BCUT2D eigenvalue weighted by molar-refractivity contribution is 0.201. The van der Waals surface area contributed by atoms with Gasteiger partial charge in [0, 0.05) is 24.5 Å². The lowest BCUT2D eigenvalue weighted by Crippen LogP contribution is -2.22. The Labute approximate surface area is 162 Å². The quantitative estimate of drug-likeness (QED) is 0.532. The Bertz CT molecular complexity index is 1040. The van der Waals surface area contributed by atoms with E-state index in [9.17, 15) is 0 Å². The van der Waals surface area contributed by atoms with Gasteiger partial charge in [-0.3, -0.25) is 9.88 Å². The maximum Gasteiger partial charge on any atom is 0.244 e. The predicted molar refractivity (Wildman–Crippen MR) is 103 cm³/mol. The number of hydrogen-bond acceptors (Lipinski definition) is 6. The summed E-state index contributed by atoms with van der Waals surface area (Å²) in [6.07, 6.45) is 7.86. The number of para-hydroxylation sites is 1. The molecule has 0 spiro atoms. The van der Waals surface area contributed by atoms with Crippen molar-refractivity contribution < 1.29 is 4.52 Å². The minimum atomic E-state index is 0.130. The van der Waals surface area contributed by atoms with Gasteiger partial charge < -0.3 is 4.52 Å². The van der Waals surface area contributed by atoms with E-state index in [0.29, 0.717) is 11.7 Å². The van der Waals surface area contributed by atoms with Gasteiger partial charge in [0.25, 0.3) is 0 Å². The SMILES string of the molecule is c1ccc(-n2cc(CN3CCC[C@@H]3c3nc(-c4ccccn4)no3)cn2)cc1. The van der Waals surface area contributed by atoms with Crippen molar-refractivity contribution in [2.45, 2.75) is 25.4 Å². The van der Waals surface area contributed by atoms with Crippen molar-refractivity contribution in [3.8, 4) is 17.2 Å². The molecule has 4 aromatic rings. The molecular weight excluding hydrogens is 352 g/mol. The van der Waals surface area contributed by atoms with Crippen LogP contribution in [-0.4, -0.2) is 36.3 Å². The van der Waals surface area contributed by atoms with Crippen LogP contribution in [0.4, 0.5) is 0 Å². The molecule has 0 saturated carbocycles. The first kappa shape index (κ1) is 16.8. The molecule has 7 heteroatoms. The Morgan fingerprint density at radius 2 is 1.96 bits per heavy atom. The number of pyridine rings is 1. The predicted octanol–water partition coefficient (Wildman–Crippen LogP) is 3.65. The fourth-order valence-electron chi connectivity index (χ4n) is 3.66. The fraction of sp³-hybridized carbons (Fsp3) is 0.238. The third-order valence-corrected chi connectivity index (χ3v) is 5.03. The van der Waals surface area contributed by atoms with Crippen LogP contribution in [0, 0.1) is 0 Å². The first-order chi connectivity index (χ1) is 13.9. The first-order valence-electron chi connectivity index (χ1n) is 9.45. The molecule has 5 rings (SSSR count). The van der Waals surface area contributed by atoms with Crippen LogP contribution >= 0.6 is 0 Å². The molecule has 7 nitrogen and oxygen atoms in total. The molecule has 1 atom stereocenters. The highest BCUT2D eigenvalue weighted by Crippen LogP contribution is 2.33. The number of benzene rings is 1. The molecule has 0 amide bonds. The normalized spacial score (nSPS) is 17.2. The van der Waals surface area contributed by atoms with Gasteiger partial charge in [-0.2, -0.15) is 10.1 Å². The molecule has 1 aliphatic rings. The van der Waals surface area contributed by atoms with Crippen molar-refractivity contribution in [3.05, 3.63) is 78.6 Å². The fourth-order valence-corrected chi connectivity index (χ4v) is 3.66. The zero-order valence-corrected chi connectivity index (χ0v) is 15.3. The summed E-state index contributed by atoms with van der Waals surface area (Å²) >= 11 is 0. The van der Waals surface area contributed by atoms with Crippen LogP contribution in [0.3, 0.4) is 0 Å². The van der Waals surface area contributed by atoms with Crippen LogP contribution in [0.1, 0.15) is 30.3 Å². The molecule has 0 radical (unpaired) electrons. The van der Waals surface area contributed by atoms with Crippen LogP contribution < -0.4 is 0 Å². The van der Waals surface area contributed by atoms with Gasteiger partial charge >= 0.3 is 0 Å². The van der Waals surface area contributed by atoms with Crippen molar-refractivity contribution in [3.63, 3.8) is 0 Å². The van der Waals surface area contributed by atoms with E-state index < -0.39 is 0 Å². The van der Waals surface area contributed by atoms with E-state index in [1.165, 1.54) is 5.56 Å². The van der Waals surface area contributed by atoms with E-state index in [2.05, 4.69) is 31.3 Å². The smallest absolute Gasteiger partial charge is 0.244 e. The van der Waals surface area contributed by atoms with Gasteiger partial charge in [0.1, 0.15) is 5.69 Å². The topological polar surface area (TPSA) is 72.9 Å². The standard InChI is InChI=1S/C21H20N6O/c1-2-7-17(8-3-1)27-15-16(13-23-27)14-26-12-6-10-19(26)21-24-20(25-28-21)18-9-4-5-11-22-18/h1-5,7-9,11,13,15,19H,6,10,12,14H2/t19-/m1/s1. The average molecular weight is 372 g/mol. The van der Waals surface area contributed by atoms with Gasteiger partial charge in [0.15, 0.2) is 0 Å². The van der Waals surface area contributed by atoms with E-state index >= 15 is 0 Å². The maximum atomic E-state index is 5.58. The van der Waals surface area contributed by atoms with Crippen molar-refractivity contribution in [1.82, 2.24) is 29.8 Å². The molecule has 1 aliphatic heterocycles. The molecule has 0 unspecified atom stereocenters. The minimum absolute atomic E-state index is 0.130. The molecule has 1 saturated heterocycles. The van der Waals surface area contributed by atoms with Crippen molar-refractivity contribution in [2.24, 2.45) is 0 Å². The zero-order valence-electron chi connectivity index (χ0n) is 15.3. The van der Waals surface area contributed by atoms with E-state index in [-0.39, 0.29) is 6.04 Å². The van der Waals surface area contributed by atoms with E-state index in [0.717, 1.165) is 37.3 Å². The zero-order chi connectivity index (χ0) is 18.8. The first-order valence-corrected chi connectivity index (χ1v) is 9.45. The minimum Gasteiger partial charge on any atom is -0.337 e. The summed E-state index contributed by atoms with van der Waals surface area (Å²) in [5.41, 5.74) is 2.95. The largest absolute Gasteiger partial charge is 0.337 e. The summed E-state index contributed by atoms with van der Waals surface area (Å²) in [6.45, 7) is 1.81. The lowest BCUT2D eigenvalue weighted by Gasteiger charge is -2.20. The third-order valence-electron chi connectivity index (χ3n) is 5.03. The highest BCUT2D eigenvalue weighted by atomic mass is 16.5. The highest BCUT2D eigenvalue weighted by molar-refractivity contribution is 5.47. The third kappa shape index (κ3) is 3.32. The van der Waals surface area contributed by atoms with Crippen LogP contribution in [0.5, 0.6) is 0 Å². The van der Waals surface area contributed by atoms with Gasteiger partial charge in [-0.25, -0.2) is 4.68 Å². The molecule has 1 aromatic carbocycles. The monoisotopic (exact) mass is 372 g/mol. The van der Waals surface area contributed by atoms with Crippen LogP contribution in [0.15, 0.2) is 71.6 Å². The Morgan fingerprint density at radius 3 is 2.82 bits per heavy atom. The van der Waals surface area contributed by atoms with Gasteiger partial charge in [-0.15, -0.1) is 0 Å². The second kappa shape index (κ2) is 7.36. The van der Waals surface area contributed by atoms with Crippen LogP contribution in [0.25, 0.3) is 17.2 Å². The Kier molecular flexibility index (Phi) is 4.42. The molecule has 28 heavy (non-hydrogen) atoms. The number of hydrogen-bond donors (Lipinski definition) is 0. The second-order valence-electron chi connectivity index (χ2n) is 6.93. The number of aromatic nitrogens is 5. The van der Waals surface area contributed by atoms with Gasteiger partial charge in [-0.1, -0.05) is 29.4 Å². The Morgan fingerprint density at radius 1 is 1.07 bits per heavy atom. The van der Waals surface area contributed by atoms with Gasteiger partial charge in [-0.05, 0) is 43.7 Å². The second-order valence-corrected chi connectivity index (χ2v) is 6.93. The van der Waals surface area contributed by atoms with Crippen molar-refractivity contribution >= 4 is 0 Å². The molecular formula is C21H20N6O. The van der Waals surface area contributed by atoms with Crippen molar-refractivity contribution in [1.29, 1.82) is 0 Å². The van der Waals surface area contributed by atoms with Crippen LogP contribution in [-0.2, 0) is 6.54 Å². The molecule has 0 N–H and O–H groups in total. The molecule has 4 heterocycles. The summed E-state index contributed by atoms with van der Waals surface area (Å²) in [6, 6.07) is 15.9. The van der Waals surface area contributed by atoms with Crippen LogP contribution in [0.2, 0.25) is 0 Å². The molecule has 140 valence electrons. The summed E-state index contributed by atoms with van der Waals surface area (Å²) in [4.78, 5) is 11.3. The maximum absolute atomic E-state index is 5.58. The summed E-state index contributed by atoms with van der Waals surface area (Å²) in [5, 5.41) is 8.62. The molecule has 0 aliphatic carbocycles. The molecule has 1 fully saturated rings. The van der Waals surface area contributed by atoms with Gasteiger partial charge in [0.05, 0.1) is 17.9 Å². The van der Waals surface area contributed by atoms with E-state index in [4.69, 9.17) is 4.52 Å². The number of rotatable bonds is 5.